The first-order chi connectivity index (χ1) is 14.7. The molecule has 3 rings (SSSR count). The SMILES string of the molecule is CCCN(CCC)C(=O)C(C)(C)Oc1ccc2c(c1)c(-c1ccc(Cl)cc1)c(C)n2C. The minimum atomic E-state index is -0.942. The minimum Gasteiger partial charge on any atom is -0.478 e. The number of fused-ring (bicyclic) bond motifs is 1. The van der Waals surface area contributed by atoms with E-state index in [2.05, 4.69) is 38.5 Å². The summed E-state index contributed by atoms with van der Waals surface area (Å²) in [5.41, 5.74) is 3.61. The molecule has 0 atom stereocenters. The molecule has 0 spiro atoms. The first-order valence-electron chi connectivity index (χ1n) is 11.0. The van der Waals surface area contributed by atoms with Crippen LogP contribution in [0, 0.1) is 6.92 Å². The molecule has 1 amide bonds. The van der Waals surface area contributed by atoms with Gasteiger partial charge in [0.05, 0.1) is 0 Å². The molecule has 0 N–H and O–H groups in total. The molecule has 0 saturated heterocycles. The standard InChI is InChI=1S/C26H33ClN2O2/c1-7-15-29(16-8-2)25(30)26(4,5)31-21-13-14-23-22(17-21)24(18(3)28(23)6)19-9-11-20(27)12-10-19/h9-14,17H,7-8,15-16H2,1-6H3. The molecule has 0 aliphatic carbocycles. The maximum absolute atomic E-state index is 13.2. The molecule has 0 radical (unpaired) electrons. The van der Waals surface area contributed by atoms with E-state index in [4.69, 9.17) is 16.3 Å². The van der Waals surface area contributed by atoms with E-state index in [1.165, 1.54) is 5.69 Å². The van der Waals surface area contributed by atoms with Gasteiger partial charge in [0.25, 0.3) is 5.91 Å². The maximum atomic E-state index is 13.2. The van der Waals surface area contributed by atoms with Crippen molar-refractivity contribution < 1.29 is 9.53 Å². The average Bonchev–Trinajstić information content (AvgIpc) is 2.97. The van der Waals surface area contributed by atoms with Crippen LogP contribution in [0.15, 0.2) is 42.5 Å². The van der Waals surface area contributed by atoms with Crippen molar-refractivity contribution in [1.82, 2.24) is 9.47 Å². The molecule has 0 aliphatic heterocycles. The monoisotopic (exact) mass is 440 g/mol. The minimum absolute atomic E-state index is 0.0264. The number of carbonyl (C=O) groups excluding carboxylic acids is 1. The first kappa shape index (κ1) is 23.2. The highest BCUT2D eigenvalue weighted by Crippen LogP contribution is 2.37. The third kappa shape index (κ3) is 4.74. The zero-order valence-electron chi connectivity index (χ0n) is 19.5. The summed E-state index contributed by atoms with van der Waals surface area (Å²) < 4.78 is 8.47. The lowest BCUT2D eigenvalue weighted by Gasteiger charge is -2.32. The summed E-state index contributed by atoms with van der Waals surface area (Å²) in [5.74, 6) is 0.720. The molecule has 166 valence electrons. The van der Waals surface area contributed by atoms with Gasteiger partial charge >= 0.3 is 0 Å². The van der Waals surface area contributed by atoms with Gasteiger partial charge in [-0.05, 0) is 69.5 Å². The number of hydrogen-bond acceptors (Lipinski definition) is 2. The highest BCUT2D eigenvalue weighted by atomic mass is 35.5. The molecule has 31 heavy (non-hydrogen) atoms. The lowest BCUT2D eigenvalue weighted by Crippen LogP contribution is -2.49. The van der Waals surface area contributed by atoms with Gasteiger partial charge < -0.3 is 14.2 Å². The zero-order valence-corrected chi connectivity index (χ0v) is 20.2. The fourth-order valence-electron chi connectivity index (χ4n) is 4.17. The summed E-state index contributed by atoms with van der Waals surface area (Å²) in [6.45, 7) is 11.5. The Kier molecular flexibility index (Phi) is 7.00. The van der Waals surface area contributed by atoms with E-state index in [9.17, 15) is 4.79 Å². The molecule has 0 fully saturated rings. The topological polar surface area (TPSA) is 34.5 Å². The molecule has 2 aromatic carbocycles. The molecule has 4 nitrogen and oxygen atoms in total. The van der Waals surface area contributed by atoms with Crippen LogP contribution in [0.5, 0.6) is 5.75 Å². The molecule has 0 saturated carbocycles. The van der Waals surface area contributed by atoms with Crippen LogP contribution in [0.25, 0.3) is 22.0 Å². The Bertz CT molecular complexity index is 1060. The van der Waals surface area contributed by atoms with Crippen LogP contribution in [0.4, 0.5) is 0 Å². The van der Waals surface area contributed by atoms with Crippen molar-refractivity contribution in [2.75, 3.05) is 13.1 Å². The van der Waals surface area contributed by atoms with Crippen molar-refractivity contribution in [3.63, 3.8) is 0 Å². The Morgan fingerprint density at radius 3 is 2.26 bits per heavy atom. The number of hydrogen-bond donors (Lipinski definition) is 0. The van der Waals surface area contributed by atoms with Gasteiger partial charge in [-0.1, -0.05) is 37.6 Å². The lowest BCUT2D eigenvalue weighted by molar-refractivity contribution is -0.145. The van der Waals surface area contributed by atoms with Crippen LogP contribution in [-0.2, 0) is 11.8 Å². The molecule has 0 bridgehead atoms. The van der Waals surface area contributed by atoms with E-state index >= 15 is 0 Å². The number of rotatable bonds is 8. The second kappa shape index (κ2) is 9.35. The second-order valence-electron chi connectivity index (χ2n) is 8.61. The first-order valence-corrected chi connectivity index (χ1v) is 11.4. The highest BCUT2D eigenvalue weighted by Gasteiger charge is 2.34. The number of aromatic nitrogens is 1. The van der Waals surface area contributed by atoms with Crippen LogP contribution in [-0.4, -0.2) is 34.1 Å². The van der Waals surface area contributed by atoms with Crippen LogP contribution in [0.1, 0.15) is 46.2 Å². The number of nitrogens with zero attached hydrogens (tertiary/aromatic N) is 2. The van der Waals surface area contributed by atoms with E-state index in [0.29, 0.717) is 5.75 Å². The van der Waals surface area contributed by atoms with E-state index in [1.807, 2.05) is 55.1 Å². The Balaban J connectivity index is 1.99. The zero-order chi connectivity index (χ0) is 22.8. The van der Waals surface area contributed by atoms with Gasteiger partial charge in [-0.25, -0.2) is 0 Å². The number of carbonyl (C=O) groups is 1. The Morgan fingerprint density at radius 2 is 1.68 bits per heavy atom. The number of benzene rings is 2. The predicted octanol–water partition coefficient (Wildman–Crippen LogP) is 6.61. The van der Waals surface area contributed by atoms with Crippen molar-refractivity contribution in [2.45, 2.75) is 53.1 Å². The summed E-state index contributed by atoms with van der Waals surface area (Å²) in [5, 5.41) is 1.82. The van der Waals surface area contributed by atoms with Crippen molar-refractivity contribution in [1.29, 1.82) is 0 Å². The van der Waals surface area contributed by atoms with E-state index in [-0.39, 0.29) is 5.91 Å². The largest absolute Gasteiger partial charge is 0.478 e. The Labute approximate surface area is 190 Å². The van der Waals surface area contributed by atoms with Crippen molar-refractivity contribution in [2.24, 2.45) is 7.05 Å². The molecule has 1 aromatic heterocycles. The van der Waals surface area contributed by atoms with Gasteiger partial charge in [0.1, 0.15) is 5.75 Å². The van der Waals surface area contributed by atoms with Gasteiger partial charge in [0, 0.05) is 47.3 Å². The summed E-state index contributed by atoms with van der Waals surface area (Å²) >= 11 is 6.10. The van der Waals surface area contributed by atoms with Crippen LogP contribution in [0.2, 0.25) is 5.02 Å². The summed E-state index contributed by atoms with van der Waals surface area (Å²) in [6.07, 6.45) is 1.86. The third-order valence-electron chi connectivity index (χ3n) is 5.76. The van der Waals surface area contributed by atoms with Crippen LogP contribution < -0.4 is 4.74 Å². The average molecular weight is 441 g/mol. The van der Waals surface area contributed by atoms with E-state index in [1.54, 1.807) is 0 Å². The molecular formula is C26H33ClN2O2. The summed E-state index contributed by atoms with van der Waals surface area (Å²) in [4.78, 5) is 15.1. The van der Waals surface area contributed by atoms with Crippen LogP contribution in [0.3, 0.4) is 0 Å². The van der Waals surface area contributed by atoms with Crippen molar-refractivity contribution in [3.8, 4) is 16.9 Å². The Hall–Kier alpha value is -2.46. The van der Waals surface area contributed by atoms with Gasteiger partial charge in [0.2, 0.25) is 0 Å². The highest BCUT2D eigenvalue weighted by molar-refractivity contribution is 6.30. The van der Waals surface area contributed by atoms with Gasteiger partial charge in [0.15, 0.2) is 5.60 Å². The number of amides is 1. The van der Waals surface area contributed by atoms with E-state index < -0.39 is 5.60 Å². The molecule has 3 aromatic rings. The third-order valence-corrected chi connectivity index (χ3v) is 6.01. The fraction of sp³-hybridized carbons (Fsp3) is 0.423. The van der Waals surface area contributed by atoms with Gasteiger partial charge in [-0.15, -0.1) is 0 Å². The normalized spacial score (nSPS) is 11.7. The van der Waals surface area contributed by atoms with Gasteiger partial charge in [-0.2, -0.15) is 0 Å². The van der Waals surface area contributed by atoms with E-state index in [0.717, 1.165) is 53.0 Å². The molecule has 0 unspecified atom stereocenters. The van der Waals surface area contributed by atoms with Crippen LogP contribution >= 0.6 is 11.6 Å². The summed E-state index contributed by atoms with van der Waals surface area (Å²) in [6, 6.07) is 14.0. The fourth-order valence-corrected chi connectivity index (χ4v) is 4.30. The van der Waals surface area contributed by atoms with Gasteiger partial charge in [-0.3, -0.25) is 4.79 Å². The second-order valence-corrected chi connectivity index (χ2v) is 9.05. The molecule has 5 heteroatoms. The Morgan fingerprint density at radius 1 is 1.06 bits per heavy atom. The molecular weight excluding hydrogens is 408 g/mol. The number of halogens is 1. The lowest BCUT2D eigenvalue weighted by atomic mass is 10.0. The molecule has 1 heterocycles. The number of aryl methyl sites for hydroxylation is 1. The predicted molar refractivity (Wildman–Crippen MR) is 130 cm³/mol. The molecule has 0 aliphatic rings. The summed E-state index contributed by atoms with van der Waals surface area (Å²) in [7, 11) is 2.07. The van der Waals surface area contributed by atoms with Crippen molar-refractivity contribution >= 4 is 28.4 Å². The quantitative estimate of drug-likeness (QED) is 0.394. The van der Waals surface area contributed by atoms with Crippen molar-refractivity contribution in [3.05, 3.63) is 53.2 Å². The smallest absolute Gasteiger partial charge is 0.266 e. The number of ether oxygens (including phenoxy) is 1. The maximum Gasteiger partial charge on any atom is 0.266 e.